The zero-order valence-electron chi connectivity index (χ0n) is 25.3. The smallest absolute Gasteiger partial charge is 0.306 e. The van der Waals surface area contributed by atoms with Crippen molar-refractivity contribution in [1.29, 1.82) is 0 Å². The summed E-state index contributed by atoms with van der Waals surface area (Å²) < 4.78 is 33.4. The van der Waals surface area contributed by atoms with E-state index in [2.05, 4.69) is 30.9 Å². The van der Waals surface area contributed by atoms with Gasteiger partial charge in [-0.25, -0.2) is 33.1 Å². The highest BCUT2D eigenvalue weighted by molar-refractivity contribution is 7.22. The SMILES string of the molecule is CONC(=O)Nc1ccc(-c2sc3c(c2CN(C)C)c(=O)n(-c2ccc(-n4cccn4)nn2)c(=O)n3Cc2c(F)cccc2F)cc1. The summed E-state index contributed by atoms with van der Waals surface area (Å²) in [5.41, 5.74) is 2.08. The third-order valence-electron chi connectivity index (χ3n) is 7.13. The van der Waals surface area contributed by atoms with Gasteiger partial charge in [-0.05, 0) is 67.7 Å². The number of urea groups is 1. The van der Waals surface area contributed by atoms with E-state index < -0.39 is 35.5 Å². The second-order valence-electron chi connectivity index (χ2n) is 10.6. The predicted octanol–water partition coefficient (Wildman–Crippen LogP) is 3.93. The van der Waals surface area contributed by atoms with Crippen LogP contribution in [0.4, 0.5) is 19.3 Å². The quantitative estimate of drug-likeness (QED) is 0.223. The fourth-order valence-electron chi connectivity index (χ4n) is 5.07. The Morgan fingerprint density at radius 3 is 2.28 bits per heavy atom. The molecule has 2 aromatic carbocycles. The molecular formula is C31H27F2N9O4S. The first-order chi connectivity index (χ1) is 22.7. The van der Waals surface area contributed by atoms with Gasteiger partial charge in [0.05, 0.1) is 19.0 Å². The number of anilines is 1. The van der Waals surface area contributed by atoms with E-state index >= 15 is 0 Å². The van der Waals surface area contributed by atoms with E-state index in [9.17, 15) is 23.2 Å². The molecule has 0 fully saturated rings. The second-order valence-corrected chi connectivity index (χ2v) is 11.6. The molecule has 0 saturated heterocycles. The van der Waals surface area contributed by atoms with Gasteiger partial charge >= 0.3 is 11.7 Å². The lowest BCUT2D eigenvalue weighted by Gasteiger charge is -2.14. The first-order valence-corrected chi connectivity index (χ1v) is 14.9. The van der Waals surface area contributed by atoms with Crippen molar-refractivity contribution in [1.82, 2.24) is 39.5 Å². The molecule has 2 amide bonds. The van der Waals surface area contributed by atoms with Crippen LogP contribution in [0.2, 0.25) is 0 Å². The molecule has 0 aliphatic heterocycles. The molecule has 0 unspecified atom stereocenters. The fourth-order valence-corrected chi connectivity index (χ4v) is 6.37. The highest BCUT2D eigenvalue weighted by Gasteiger charge is 2.26. The molecule has 0 saturated carbocycles. The predicted molar refractivity (Wildman–Crippen MR) is 172 cm³/mol. The van der Waals surface area contributed by atoms with Gasteiger partial charge in [0.2, 0.25) is 0 Å². The topological polar surface area (TPSA) is 141 Å². The van der Waals surface area contributed by atoms with Crippen molar-refractivity contribution >= 4 is 33.3 Å². The Balaban J connectivity index is 1.59. The molecule has 0 spiro atoms. The summed E-state index contributed by atoms with van der Waals surface area (Å²) in [4.78, 5) is 47.8. The normalized spacial score (nSPS) is 11.4. The van der Waals surface area contributed by atoms with Crippen molar-refractivity contribution in [3.05, 3.63) is 117 Å². The van der Waals surface area contributed by atoms with Crippen LogP contribution in [0.1, 0.15) is 11.1 Å². The molecule has 240 valence electrons. The average Bonchev–Trinajstić information content (AvgIpc) is 3.71. The Morgan fingerprint density at radius 1 is 0.957 bits per heavy atom. The Hall–Kier alpha value is -5.58. The van der Waals surface area contributed by atoms with Crippen LogP contribution in [-0.2, 0) is 17.9 Å². The van der Waals surface area contributed by atoms with Gasteiger partial charge in [-0.1, -0.05) is 18.2 Å². The zero-order chi connectivity index (χ0) is 33.2. The molecule has 13 nitrogen and oxygen atoms in total. The van der Waals surface area contributed by atoms with Crippen molar-refractivity contribution < 1.29 is 18.4 Å². The van der Waals surface area contributed by atoms with E-state index in [1.54, 1.807) is 48.8 Å². The zero-order valence-corrected chi connectivity index (χ0v) is 26.1. The summed E-state index contributed by atoms with van der Waals surface area (Å²) >= 11 is 1.15. The molecule has 0 aliphatic carbocycles. The van der Waals surface area contributed by atoms with Crippen molar-refractivity contribution in [3.63, 3.8) is 0 Å². The number of benzene rings is 2. The minimum atomic E-state index is -0.848. The number of hydrogen-bond acceptors (Lipinski definition) is 9. The molecule has 4 aromatic heterocycles. The van der Waals surface area contributed by atoms with E-state index in [0.717, 1.165) is 28.0 Å². The van der Waals surface area contributed by atoms with Crippen LogP contribution < -0.4 is 22.0 Å². The van der Waals surface area contributed by atoms with Crippen molar-refractivity contribution in [2.45, 2.75) is 13.1 Å². The molecule has 0 aliphatic rings. The molecule has 4 heterocycles. The van der Waals surface area contributed by atoms with Crippen LogP contribution in [0.25, 0.3) is 32.3 Å². The molecule has 6 rings (SSSR count). The maximum Gasteiger partial charge on any atom is 0.343 e. The monoisotopic (exact) mass is 659 g/mol. The number of amides is 2. The van der Waals surface area contributed by atoms with Crippen LogP contribution >= 0.6 is 11.3 Å². The number of nitrogens with one attached hydrogen (secondary N) is 2. The van der Waals surface area contributed by atoms with Crippen molar-refractivity contribution in [2.75, 3.05) is 26.5 Å². The maximum atomic E-state index is 14.9. The molecule has 6 aromatic rings. The van der Waals surface area contributed by atoms with E-state index in [-0.39, 0.29) is 28.1 Å². The summed E-state index contributed by atoms with van der Waals surface area (Å²) in [6.07, 6.45) is 3.23. The van der Waals surface area contributed by atoms with Gasteiger partial charge in [-0.2, -0.15) is 5.10 Å². The highest BCUT2D eigenvalue weighted by atomic mass is 32.1. The highest BCUT2D eigenvalue weighted by Crippen LogP contribution is 2.38. The lowest BCUT2D eigenvalue weighted by atomic mass is 10.1. The molecular weight excluding hydrogens is 632 g/mol. The minimum absolute atomic E-state index is 0.0751. The lowest BCUT2D eigenvalue weighted by molar-refractivity contribution is 0.114. The number of hydroxylamine groups is 1. The minimum Gasteiger partial charge on any atom is -0.306 e. The number of carbonyl (C=O) groups is 1. The molecule has 47 heavy (non-hydrogen) atoms. The Labute approximate surface area is 269 Å². The van der Waals surface area contributed by atoms with E-state index in [1.165, 1.54) is 28.5 Å². The maximum absolute atomic E-state index is 14.9. The van der Waals surface area contributed by atoms with Gasteiger partial charge in [0.25, 0.3) is 5.56 Å². The van der Waals surface area contributed by atoms with Crippen LogP contribution in [-0.4, -0.2) is 61.2 Å². The van der Waals surface area contributed by atoms with Crippen LogP contribution in [0.3, 0.4) is 0 Å². The Bertz CT molecular complexity index is 2170. The summed E-state index contributed by atoms with van der Waals surface area (Å²) in [7, 11) is 4.97. The Kier molecular flexibility index (Phi) is 8.71. The van der Waals surface area contributed by atoms with Gasteiger partial charge in [0.15, 0.2) is 11.6 Å². The largest absolute Gasteiger partial charge is 0.343 e. The third-order valence-corrected chi connectivity index (χ3v) is 8.43. The summed E-state index contributed by atoms with van der Waals surface area (Å²) in [6.45, 7) is -0.206. The van der Waals surface area contributed by atoms with Gasteiger partial charge in [-0.15, -0.1) is 21.5 Å². The first-order valence-electron chi connectivity index (χ1n) is 14.1. The molecule has 0 radical (unpaired) electrons. The number of nitrogens with zero attached hydrogens (tertiary/aromatic N) is 7. The van der Waals surface area contributed by atoms with Gasteiger partial charge in [-0.3, -0.25) is 14.2 Å². The first kappa shape index (κ1) is 31.4. The second kappa shape index (κ2) is 13.0. The van der Waals surface area contributed by atoms with Gasteiger partial charge in [0, 0.05) is 35.1 Å². The van der Waals surface area contributed by atoms with Crippen LogP contribution in [0.5, 0.6) is 0 Å². The summed E-state index contributed by atoms with van der Waals surface area (Å²) in [6, 6.07) is 14.4. The average molecular weight is 660 g/mol. The molecule has 0 atom stereocenters. The number of aromatic nitrogens is 6. The lowest BCUT2D eigenvalue weighted by Crippen LogP contribution is -2.40. The summed E-state index contributed by atoms with van der Waals surface area (Å²) in [5.74, 6) is -1.40. The molecule has 0 bridgehead atoms. The number of thiophene rings is 1. The van der Waals surface area contributed by atoms with E-state index in [4.69, 9.17) is 0 Å². The Morgan fingerprint density at radius 2 is 1.66 bits per heavy atom. The van der Waals surface area contributed by atoms with E-state index in [1.807, 2.05) is 19.0 Å². The number of fused-ring (bicyclic) bond motifs is 1. The number of hydrogen-bond donors (Lipinski definition) is 2. The van der Waals surface area contributed by atoms with Crippen molar-refractivity contribution in [3.8, 4) is 22.1 Å². The van der Waals surface area contributed by atoms with Crippen LogP contribution in [0, 0.1) is 11.6 Å². The number of carbonyl (C=O) groups excluding carboxylic acids is 1. The number of rotatable bonds is 9. The van der Waals surface area contributed by atoms with Crippen molar-refractivity contribution in [2.24, 2.45) is 0 Å². The molecule has 16 heteroatoms. The summed E-state index contributed by atoms with van der Waals surface area (Å²) in [5, 5.41) is 15.2. The fraction of sp³-hybridized carbons (Fsp3) is 0.161. The number of halogens is 2. The standard InChI is InChI=1S/C31H27F2N9O4S/c1-39(2)16-21-26-28(43)42(25-13-12-24(36-37-25)41-15-5-14-34-41)31(45)40(17-20-22(32)6-4-7-23(20)33)29(26)47-27(21)18-8-10-19(11-9-18)35-30(44)38-46-3/h4-15H,16-17H2,1-3H3,(H2,35,38,44). The third kappa shape index (κ3) is 6.16. The van der Waals surface area contributed by atoms with E-state index in [0.29, 0.717) is 27.5 Å². The van der Waals surface area contributed by atoms with Crippen LogP contribution in [0.15, 0.2) is 82.6 Å². The van der Waals surface area contributed by atoms with Gasteiger partial charge < -0.3 is 10.2 Å². The molecule has 2 N–H and O–H groups in total. The van der Waals surface area contributed by atoms with Gasteiger partial charge in [0.1, 0.15) is 16.5 Å².